The quantitative estimate of drug-likeness (QED) is 0.943. The fourth-order valence-electron chi connectivity index (χ4n) is 2.68. The summed E-state index contributed by atoms with van der Waals surface area (Å²) in [5, 5.41) is 3.23. The number of fused-ring (bicyclic) bond motifs is 1. The monoisotopic (exact) mass is 310 g/mol. The lowest BCUT2D eigenvalue weighted by Gasteiger charge is -2.19. The molecule has 1 aliphatic rings. The molecule has 1 aromatic carbocycles. The molecule has 0 spiro atoms. The molecule has 0 fully saturated rings. The molecule has 1 aliphatic heterocycles. The molecular weight excluding hydrogens is 292 g/mol. The van der Waals surface area contributed by atoms with Gasteiger partial charge in [0, 0.05) is 19.3 Å². The first-order valence-corrected chi connectivity index (χ1v) is 7.55. The van der Waals surface area contributed by atoms with E-state index in [0.717, 1.165) is 26.0 Å². The Morgan fingerprint density at radius 2 is 2.35 bits per heavy atom. The Bertz CT molecular complexity index is 545. The predicted octanol–water partition coefficient (Wildman–Crippen LogP) is 3.46. The molecular formula is C15H19ClN2OS. The van der Waals surface area contributed by atoms with Crippen molar-refractivity contribution in [1.29, 1.82) is 0 Å². The number of likely N-dealkylation sites (N-methyl/N-ethyl adjacent to an activating group) is 1. The van der Waals surface area contributed by atoms with Crippen LogP contribution in [-0.2, 0) is 11.2 Å². The van der Waals surface area contributed by atoms with Crippen molar-refractivity contribution in [3.8, 4) is 10.4 Å². The summed E-state index contributed by atoms with van der Waals surface area (Å²) in [7, 11) is 1.97. The van der Waals surface area contributed by atoms with Crippen LogP contribution >= 0.6 is 23.7 Å². The molecule has 0 saturated carbocycles. The van der Waals surface area contributed by atoms with Gasteiger partial charge in [0.2, 0.25) is 0 Å². The van der Waals surface area contributed by atoms with Gasteiger partial charge in [-0.25, -0.2) is 0 Å². The van der Waals surface area contributed by atoms with Crippen LogP contribution < -0.4 is 5.32 Å². The number of rotatable bonds is 3. The van der Waals surface area contributed by atoms with Crippen LogP contribution in [0.4, 0.5) is 0 Å². The van der Waals surface area contributed by atoms with Crippen LogP contribution in [0.25, 0.3) is 10.4 Å². The molecule has 0 amide bonds. The zero-order valence-corrected chi connectivity index (χ0v) is 13.1. The van der Waals surface area contributed by atoms with Gasteiger partial charge in [-0.2, -0.15) is 0 Å². The van der Waals surface area contributed by atoms with Gasteiger partial charge in [0.15, 0.2) is 0 Å². The summed E-state index contributed by atoms with van der Waals surface area (Å²) in [6.07, 6.45) is 4.29. The van der Waals surface area contributed by atoms with Crippen molar-refractivity contribution in [2.24, 2.45) is 0 Å². The maximum absolute atomic E-state index is 5.97. The Morgan fingerprint density at radius 3 is 3.10 bits per heavy atom. The molecule has 1 N–H and O–H groups in total. The Hall–Kier alpha value is -0.940. The van der Waals surface area contributed by atoms with Crippen LogP contribution in [0.1, 0.15) is 23.7 Å². The molecule has 1 aromatic heterocycles. The van der Waals surface area contributed by atoms with E-state index in [9.17, 15) is 0 Å². The molecule has 20 heavy (non-hydrogen) atoms. The van der Waals surface area contributed by atoms with Gasteiger partial charge in [-0.1, -0.05) is 18.2 Å². The van der Waals surface area contributed by atoms with Crippen molar-refractivity contribution in [1.82, 2.24) is 10.3 Å². The molecule has 1 atom stereocenters. The van der Waals surface area contributed by atoms with E-state index in [1.165, 1.54) is 21.6 Å². The van der Waals surface area contributed by atoms with Crippen molar-refractivity contribution in [3.63, 3.8) is 0 Å². The second-order valence-corrected chi connectivity index (χ2v) is 5.65. The fraction of sp³-hybridized carbons (Fsp3) is 0.400. The van der Waals surface area contributed by atoms with Gasteiger partial charge < -0.3 is 10.1 Å². The summed E-state index contributed by atoms with van der Waals surface area (Å²) in [5.74, 6) is 0. The van der Waals surface area contributed by atoms with E-state index in [2.05, 4.69) is 28.5 Å². The average molecular weight is 311 g/mol. The SMILES string of the molecule is CNC[C@H]1OCCCc2c(-c3cncs3)cccc21.Cl. The highest BCUT2D eigenvalue weighted by molar-refractivity contribution is 7.13. The Kier molecular flexibility index (Phi) is 5.54. The Morgan fingerprint density at radius 1 is 1.45 bits per heavy atom. The number of benzene rings is 1. The second-order valence-electron chi connectivity index (χ2n) is 4.76. The highest BCUT2D eigenvalue weighted by Crippen LogP contribution is 2.35. The zero-order chi connectivity index (χ0) is 13.1. The molecule has 0 unspecified atom stereocenters. The zero-order valence-electron chi connectivity index (χ0n) is 11.5. The molecule has 3 rings (SSSR count). The van der Waals surface area contributed by atoms with Gasteiger partial charge in [0.25, 0.3) is 0 Å². The molecule has 108 valence electrons. The topological polar surface area (TPSA) is 34.1 Å². The van der Waals surface area contributed by atoms with Crippen LogP contribution in [0, 0.1) is 0 Å². The minimum atomic E-state index is 0. The van der Waals surface area contributed by atoms with Gasteiger partial charge in [-0.05, 0) is 36.6 Å². The largest absolute Gasteiger partial charge is 0.372 e. The summed E-state index contributed by atoms with van der Waals surface area (Å²) in [5.41, 5.74) is 5.99. The van der Waals surface area contributed by atoms with Crippen LogP contribution in [-0.4, -0.2) is 25.2 Å². The molecule has 0 bridgehead atoms. The van der Waals surface area contributed by atoms with E-state index >= 15 is 0 Å². The molecule has 2 heterocycles. The first-order valence-electron chi connectivity index (χ1n) is 6.67. The third-order valence-electron chi connectivity index (χ3n) is 3.54. The van der Waals surface area contributed by atoms with Gasteiger partial charge in [0.05, 0.1) is 16.5 Å². The molecule has 3 nitrogen and oxygen atoms in total. The first kappa shape index (κ1) is 15.4. The lowest BCUT2D eigenvalue weighted by molar-refractivity contribution is 0.0579. The first-order chi connectivity index (χ1) is 9.40. The minimum Gasteiger partial charge on any atom is -0.372 e. The minimum absolute atomic E-state index is 0. The smallest absolute Gasteiger partial charge is 0.0951 e. The fourth-order valence-corrected chi connectivity index (χ4v) is 3.36. The van der Waals surface area contributed by atoms with Crippen molar-refractivity contribution in [2.45, 2.75) is 18.9 Å². The number of nitrogens with zero attached hydrogens (tertiary/aromatic N) is 1. The Labute approximate surface area is 129 Å². The predicted molar refractivity (Wildman–Crippen MR) is 85.7 cm³/mol. The van der Waals surface area contributed by atoms with Crippen LogP contribution in [0.3, 0.4) is 0 Å². The summed E-state index contributed by atoms with van der Waals surface area (Å²) in [6.45, 7) is 1.70. The summed E-state index contributed by atoms with van der Waals surface area (Å²) < 4.78 is 5.97. The molecule has 0 saturated heterocycles. The van der Waals surface area contributed by atoms with Crippen LogP contribution in [0.2, 0.25) is 0 Å². The van der Waals surface area contributed by atoms with E-state index in [1.807, 2.05) is 18.8 Å². The molecule has 5 heteroatoms. The molecule has 0 radical (unpaired) electrons. The number of ether oxygens (including phenoxy) is 1. The normalized spacial score (nSPS) is 17.9. The maximum Gasteiger partial charge on any atom is 0.0951 e. The number of thiazole rings is 1. The van der Waals surface area contributed by atoms with E-state index in [0.29, 0.717) is 0 Å². The number of halogens is 1. The van der Waals surface area contributed by atoms with Crippen molar-refractivity contribution < 1.29 is 4.74 Å². The lowest BCUT2D eigenvalue weighted by atomic mass is 9.94. The molecule has 0 aliphatic carbocycles. The molecule has 2 aromatic rings. The third-order valence-corrected chi connectivity index (χ3v) is 4.34. The number of hydrogen-bond acceptors (Lipinski definition) is 4. The lowest BCUT2D eigenvalue weighted by Crippen LogP contribution is -2.19. The van der Waals surface area contributed by atoms with Crippen molar-refractivity contribution in [2.75, 3.05) is 20.2 Å². The Balaban J connectivity index is 0.00000147. The number of hydrogen-bond donors (Lipinski definition) is 1. The second kappa shape index (κ2) is 7.18. The highest BCUT2D eigenvalue weighted by atomic mass is 35.5. The standard InChI is InChI=1S/C15H18N2OS.ClH/c1-16-8-14-12-4-2-5-13(15-9-17-10-19-15)11(12)6-3-7-18-14;/h2,4-5,9-10,14,16H,3,6-8H2,1H3;1H/t14-;/m1./s1. The van der Waals surface area contributed by atoms with Gasteiger partial charge >= 0.3 is 0 Å². The number of aromatic nitrogens is 1. The highest BCUT2D eigenvalue weighted by Gasteiger charge is 2.21. The van der Waals surface area contributed by atoms with Gasteiger partial charge in [-0.15, -0.1) is 23.7 Å². The summed E-state index contributed by atoms with van der Waals surface area (Å²) in [4.78, 5) is 5.45. The van der Waals surface area contributed by atoms with Crippen LogP contribution in [0.5, 0.6) is 0 Å². The average Bonchev–Trinajstić information content (AvgIpc) is 2.89. The van der Waals surface area contributed by atoms with E-state index in [-0.39, 0.29) is 18.5 Å². The van der Waals surface area contributed by atoms with Gasteiger partial charge in [0.1, 0.15) is 0 Å². The van der Waals surface area contributed by atoms with E-state index < -0.39 is 0 Å². The summed E-state index contributed by atoms with van der Waals surface area (Å²) in [6, 6.07) is 6.53. The van der Waals surface area contributed by atoms with Crippen LogP contribution in [0.15, 0.2) is 29.9 Å². The van der Waals surface area contributed by atoms with E-state index in [4.69, 9.17) is 4.74 Å². The third kappa shape index (κ3) is 3.04. The van der Waals surface area contributed by atoms with Crippen molar-refractivity contribution >= 4 is 23.7 Å². The van der Waals surface area contributed by atoms with Gasteiger partial charge in [-0.3, -0.25) is 4.98 Å². The maximum atomic E-state index is 5.97. The van der Waals surface area contributed by atoms with Crippen molar-refractivity contribution in [3.05, 3.63) is 41.0 Å². The van der Waals surface area contributed by atoms with E-state index in [1.54, 1.807) is 11.3 Å². The number of nitrogens with one attached hydrogen (secondary N) is 1. The summed E-state index contributed by atoms with van der Waals surface area (Å²) >= 11 is 1.70.